The van der Waals surface area contributed by atoms with E-state index < -0.39 is 34.4 Å². The van der Waals surface area contributed by atoms with E-state index in [-0.39, 0.29) is 21.3 Å². The zero-order chi connectivity index (χ0) is 25.4. The van der Waals surface area contributed by atoms with Crippen molar-refractivity contribution in [2.45, 2.75) is 19.9 Å². The third-order valence-corrected chi connectivity index (χ3v) is 6.69. The number of ether oxygens (including phenoxy) is 1. The molecule has 1 unspecified atom stereocenters. The van der Waals surface area contributed by atoms with Gasteiger partial charge in [-0.1, -0.05) is 41.2 Å². The van der Waals surface area contributed by atoms with Crippen molar-refractivity contribution in [3.8, 4) is 0 Å². The van der Waals surface area contributed by atoms with Gasteiger partial charge in [0.1, 0.15) is 10.6 Å². The molecule has 2 heterocycles. The largest absolute Gasteiger partial charge is 0.507 e. The number of carbonyl (C=O) groups excluding carboxylic acids is 3. The van der Waals surface area contributed by atoms with Crippen LogP contribution >= 0.6 is 11.3 Å². The van der Waals surface area contributed by atoms with E-state index in [0.29, 0.717) is 16.8 Å². The molecule has 0 aliphatic carbocycles. The molecule has 2 aromatic carbocycles. The van der Waals surface area contributed by atoms with Gasteiger partial charge in [0.05, 0.1) is 29.3 Å². The number of thiazole rings is 1. The highest BCUT2D eigenvalue weighted by Gasteiger charge is 2.48. The predicted molar refractivity (Wildman–Crippen MR) is 127 cm³/mol. The molecule has 3 aromatic rings. The molecule has 1 aromatic heterocycles. The maximum absolute atomic E-state index is 13.2. The maximum atomic E-state index is 13.2. The lowest BCUT2D eigenvalue weighted by atomic mass is 9.95. The van der Waals surface area contributed by atoms with Crippen LogP contribution in [0.1, 0.15) is 38.1 Å². The van der Waals surface area contributed by atoms with Gasteiger partial charge in [0.25, 0.3) is 11.5 Å². The maximum Gasteiger partial charge on any atom is 0.350 e. The molecule has 11 heteroatoms. The Hall–Kier alpha value is -4.38. The van der Waals surface area contributed by atoms with Crippen LogP contribution in [0.25, 0.3) is 5.76 Å². The first-order chi connectivity index (χ1) is 16.6. The van der Waals surface area contributed by atoms with Gasteiger partial charge in [0.2, 0.25) is 0 Å². The number of aliphatic hydroxyl groups is 1. The van der Waals surface area contributed by atoms with Gasteiger partial charge in [-0.15, -0.1) is 0 Å². The third kappa shape index (κ3) is 4.17. The summed E-state index contributed by atoms with van der Waals surface area (Å²) < 4.78 is 4.76. The summed E-state index contributed by atoms with van der Waals surface area (Å²) in [6, 6.07) is 10.9. The highest BCUT2D eigenvalue weighted by Crippen LogP contribution is 2.44. The number of hydrogen-bond acceptors (Lipinski definition) is 9. The number of nitrogens with zero attached hydrogens (tertiary/aromatic N) is 3. The molecule has 0 spiro atoms. The number of Topliss-reactive ketones (excluding diaryl/α,β-unsaturated/α-hetero) is 1. The second-order valence-corrected chi connectivity index (χ2v) is 8.76. The third-order valence-electron chi connectivity index (χ3n) is 5.55. The number of amides is 1. The fraction of sp³-hybridized carbons (Fsp3) is 0.167. The zero-order valence-corrected chi connectivity index (χ0v) is 19.7. The molecule has 1 fully saturated rings. The second kappa shape index (κ2) is 9.11. The van der Waals surface area contributed by atoms with Crippen molar-refractivity contribution in [1.29, 1.82) is 0 Å². The highest BCUT2D eigenvalue weighted by atomic mass is 32.1. The van der Waals surface area contributed by atoms with Gasteiger partial charge in [0.15, 0.2) is 5.13 Å². The number of aryl methyl sites for hydroxylation is 2. The van der Waals surface area contributed by atoms with Crippen molar-refractivity contribution in [3.05, 3.63) is 91.5 Å². The Labute approximate surface area is 203 Å². The fourth-order valence-electron chi connectivity index (χ4n) is 3.76. The Morgan fingerprint density at radius 3 is 2.31 bits per heavy atom. The van der Waals surface area contributed by atoms with E-state index in [4.69, 9.17) is 4.74 Å². The van der Waals surface area contributed by atoms with Crippen LogP contribution in [-0.4, -0.2) is 39.8 Å². The number of hydrogen-bond donors (Lipinski definition) is 1. The molecule has 178 valence electrons. The molecule has 1 saturated heterocycles. The predicted octanol–water partition coefficient (Wildman–Crippen LogP) is 4.08. The molecular weight excluding hydrogens is 474 g/mol. The first-order valence-corrected chi connectivity index (χ1v) is 11.1. The van der Waals surface area contributed by atoms with Crippen molar-refractivity contribution in [2.24, 2.45) is 0 Å². The average molecular weight is 493 g/mol. The fourth-order valence-corrected chi connectivity index (χ4v) is 4.77. The topological polar surface area (TPSA) is 140 Å². The molecule has 1 amide bonds. The van der Waals surface area contributed by atoms with Gasteiger partial charge in [-0.05, 0) is 31.5 Å². The smallest absolute Gasteiger partial charge is 0.350 e. The minimum absolute atomic E-state index is 0.0521. The molecule has 1 atom stereocenters. The number of non-ortho nitro benzene ring substituents is 1. The standard InChI is InChI=1S/C24H19N3O7S/c1-12-4-6-15(7-5-12)19(28)17-18(14-8-10-16(11-9-14)27(32)33)26(22(30)20(17)29)24-25-13(2)21(35-24)23(31)34-3/h4-11,18,28H,1-3H3/b19-17+. The Morgan fingerprint density at radius 1 is 1.11 bits per heavy atom. The van der Waals surface area contributed by atoms with Gasteiger partial charge < -0.3 is 9.84 Å². The van der Waals surface area contributed by atoms with Crippen LogP contribution in [0.2, 0.25) is 0 Å². The lowest BCUT2D eigenvalue weighted by Crippen LogP contribution is -2.29. The second-order valence-electron chi connectivity index (χ2n) is 7.79. The Bertz CT molecular complexity index is 1390. The van der Waals surface area contributed by atoms with Gasteiger partial charge in [-0.3, -0.25) is 24.6 Å². The number of benzene rings is 2. The SMILES string of the molecule is COC(=O)c1sc(N2C(=O)C(=O)/C(=C(/O)c3ccc(C)cc3)C2c2ccc([N+](=O)[O-])cc2)nc1C. The molecular formula is C24H19N3O7S. The van der Waals surface area contributed by atoms with Crippen molar-refractivity contribution in [1.82, 2.24) is 4.98 Å². The number of aliphatic hydroxyl groups excluding tert-OH is 1. The normalized spacial score (nSPS) is 17.0. The number of esters is 1. The summed E-state index contributed by atoms with van der Waals surface area (Å²) in [5.74, 6) is -2.93. The highest BCUT2D eigenvalue weighted by molar-refractivity contribution is 7.17. The number of anilines is 1. The Balaban J connectivity index is 1.93. The van der Waals surface area contributed by atoms with Crippen LogP contribution in [0.3, 0.4) is 0 Å². The molecule has 1 N–H and O–H groups in total. The first-order valence-electron chi connectivity index (χ1n) is 10.3. The number of nitro groups is 1. The van der Waals surface area contributed by atoms with Crippen LogP contribution < -0.4 is 4.90 Å². The number of rotatable bonds is 5. The average Bonchev–Trinajstić information content (AvgIpc) is 3.35. The number of ketones is 1. The summed E-state index contributed by atoms with van der Waals surface area (Å²) in [5, 5.41) is 22.3. The monoisotopic (exact) mass is 493 g/mol. The zero-order valence-electron chi connectivity index (χ0n) is 18.8. The van der Waals surface area contributed by atoms with Crippen LogP contribution in [-0.2, 0) is 14.3 Å². The van der Waals surface area contributed by atoms with Crippen LogP contribution in [0, 0.1) is 24.0 Å². The number of nitro benzene ring substituents is 1. The van der Waals surface area contributed by atoms with E-state index in [1.54, 1.807) is 31.2 Å². The summed E-state index contributed by atoms with van der Waals surface area (Å²) in [6.07, 6.45) is 0. The first kappa shape index (κ1) is 23.8. The van der Waals surface area contributed by atoms with Crippen molar-refractivity contribution < 1.29 is 29.2 Å². The minimum atomic E-state index is -1.13. The van der Waals surface area contributed by atoms with E-state index in [1.807, 2.05) is 6.92 Å². The van der Waals surface area contributed by atoms with Gasteiger partial charge >= 0.3 is 11.9 Å². The van der Waals surface area contributed by atoms with Crippen LogP contribution in [0.5, 0.6) is 0 Å². The van der Waals surface area contributed by atoms with Crippen molar-refractivity contribution in [2.75, 3.05) is 12.0 Å². The summed E-state index contributed by atoms with van der Waals surface area (Å²) in [4.78, 5) is 54.6. The molecule has 1 aliphatic heterocycles. The van der Waals surface area contributed by atoms with Crippen molar-refractivity contribution >= 4 is 45.6 Å². The molecule has 35 heavy (non-hydrogen) atoms. The summed E-state index contributed by atoms with van der Waals surface area (Å²) in [5.41, 5.74) is 1.53. The molecule has 1 aliphatic rings. The number of carbonyl (C=O) groups is 3. The lowest BCUT2D eigenvalue weighted by Gasteiger charge is -2.23. The molecule has 0 bridgehead atoms. The van der Waals surface area contributed by atoms with Gasteiger partial charge in [-0.25, -0.2) is 9.78 Å². The van der Waals surface area contributed by atoms with Crippen LogP contribution in [0.15, 0.2) is 54.1 Å². The quantitative estimate of drug-likeness (QED) is 0.140. The van der Waals surface area contributed by atoms with Gasteiger partial charge in [0, 0.05) is 17.7 Å². The molecule has 0 radical (unpaired) electrons. The molecule has 4 rings (SSSR count). The summed E-state index contributed by atoms with van der Waals surface area (Å²) in [6.45, 7) is 3.43. The van der Waals surface area contributed by atoms with E-state index in [0.717, 1.165) is 21.8 Å². The molecule has 0 saturated carbocycles. The Morgan fingerprint density at radius 2 is 1.74 bits per heavy atom. The van der Waals surface area contributed by atoms with E-state index >= 15 is 0 Å². The lowest BCUT2D eigenvalue weighted by molar-refractivity contribution is -0.384. The van der Waals surface area contributed by atoms with E-state index in [9.17, 15) is 29.6 Å². The summed E-state index contributed by atoms with van der Waals surface area (Å²) >= 11 is 0.868. The number of methoxy groups -OCH3 is 1. The van der Waals surface area contributed by atoms with Gasteiger partial charge in [-0.2, -0.15) is 0 Å². The Kier molecular flexibility index (Phi) is 6.18. The van der Waals surface area contributed by atoms with E-state index in [1.165, 1.54) is 31.4 Å². The minimum Gasteiger partial charge on any atom is -0.507 e. The molecule has 10 nitrogen and oxygen atoms in total. The van der Waals surface area contributed by atoms with E-state index in [2.05, 4.69) is 4.98 Å². The number of aromatic nitrogens is 1. The van der Waals surface area contributed by atoms with Crippen molar-refractivity contribution in [3.63, 3.8) is 0 Å². The summed E-state index contributed by atoms with van der Waals surface area (Å²) in [7, 11) is 1.21. The van der Waals surface area contributed by atoms with Crippen LogP contribution in [0.4, 0.5) is 10.8 Å².